The fourth-order valence-electron chi connectivity index (χ4n) is 2.72. The Morgan fingerprint density at radius 1 is 0.933 bits per heavy atom. The van der Waals surface area contributed by atoms with Crippen molar-refractivity contribution in [2.75, 3.05) is 13.1 Å². The third kappa shape index (κ3) is 6.50. The van der Waals surface area contributed by atoms with Crippen molar-refractivity contribution >= 4 is 11.8 Å². The quantitative estimate of drug-likeness (QED) is 0.629. The van der Waals surface area contributed by atoms with E-state index in [-0.39, 0.29) is 13.1 Å². The molecule has 2 rings (SSSR count). The zero-order valence-corrected chi connectivity index (χ0v) is 17.0. The average Bonchev–Trinajstić information content (AvgIpc) is 2.70. The predicted octanol–water partition coefficient (Wildman–Crippen LogP) is 4.14. The number of amides is 2. The van der Waals surface area contributed by atoms with E-state index < -0.39 is 35.2 Å². The summed E-state index contributed by atoms with van der Waals surface area (Å²) in [4.78, 5) is 24.2. The molecule has 0 fully saturated rings. The largest absolute Gasteiger partial charge is 0.481 e. The number of carbonyl (C=O) groups is 2. The van der Waals surface area contributed by atoms with Gasteiger partial charge in [0.1, 0.15) is 5.75 Å². The van der Waals surface area contributed by atoms with E-state index in [4.69, 9.17) is 4.74 Å². The summed E-state index contributed by atoms with van der Waals surface area (Å²) in [6.45, 7) is 5.77. The highest BCUT2D eigenvalue weighted by Gasteiger charge is 2.34. The van der Waals surface area contributed by atoms with Gasteiger partial charge in [-0.2, -0.15) is 13.2 Å². The van der Waals surface area contributed by atoms with E-state index >= 15 is 0 Å². The van der Waals surface area contributed by atoms with Crippen molar-refractivity contribution in [3.8, 4) is 5.75 Å². The lowest BCUT2D eigenvalue weighted by Gasteiger charge is -2.16. The highest BCUT2D eigenvalue weighted by molar-refractivity contribution is 5.95. The van der Waals surface area contributed by atoms with Gasteiger partial charge in [0.05, 0.1) is 11.1 Å². The van der Waals surface area contributed by atoms with E-state index in [1.165, 1.54) is 12.1 Å². The molecule has 0 aliphatic carbocycles. The van der Waals surface area contributed by atoms with E-state index in [0.717, 1.165) is 17.7 Å². The van der Waals surface area contributed by atoms with Crippen molar-refractivity contribution in [3.63, 3.8) is 0 Å². The normalized spacial score (nSPS) is 12.4. The smallest absolute Gasteiger partial charge is 0.417 e. The molecule has 2 amide bonds. The van der Waals surface area contributed by atoms with Crippen LogP contribution in [0, 0.1) is 0 Å². The molecule has 0 heterocycles. The first-order valence-corrected chi connectivity index (χ1v) is 9.58. The molecule has 0 aromatic heterocycles. The summed E-state index contributed by atoms with van der Waals surface area (Å²) in [7, 11) is 0. The second kappa shape index (κ2) is 10.1. The van der Waals surface area contributed by atoms with Gasteiger partial charge in [0.25, 0.3) is 11.8 Å². The molecule has 2 aromatic carbocycles. The standard InChI is InChI=1S/C22H25F3N2O3/c1-14(2)16-8-10-17(11-9-16)30-15(3)20(28)26-12-13-27-21(29)18-6-4-5-7-19(18)22(23,24)25/h4-11,14-15H,12-13H2,1-3H3,(H,26,28)(H,27,29). The van der Waals surface area contributed by atoms with Crippen LogP contribution in [-0.4, -0.2) is 31.0 Å². The SMILES string of the molecule is CC(Oc1ccc(C(C)C)cc1)C(=O)NCCNC(=O)c1ccccc1C(F)(F)F. The minimum Gasteiger partial charge on any atom is -0.481 e. The number of hydrogen-bond donors (Lipinski definition) is 2. The first-order chi connectivity index (χ1) is 14.1. The third-order valence-electron chi connectivity index (χ3n) is 4.42. The molecule has 0 radical (unpaired) electrons. The minimum absolute atomic E-state index is 0.0213. The molecule has 5 nitrogen and oxygen atoms in total. The fourth-order valence-corrected chi connectivity index (χ4v) is 2.72. The maximum Gasteiger partial charge on any atom is 0.417 e. The molecule has 0 saturated carbocycles. The maximum absolute atomic E-state index is 13.0. The van der Waals surface area contributed by atoms with E-state index in [0.29, 0.717) is 11.7 Å². The molecule has 2 aromatic rings. The number of ether oxygens (including phenoxy) is 1. The summed E-state index contributed by atoms with van der Waals surface area (Å²) in [5.74, 6) is -0.309. The van der Waals surface area contributed by atoms with Gasteiger partial charge < -0.3 is 15.4 Å². The number of hydrogen-bond acceptors (Lipinski definition) is 3. The summed E-state index contributed by atoms with van der Waals surface area (Å²) in [5, 5.41) is 4.96. The number of benzene rings is 2. The van der Waals surface area contributed by atoms with Crippen LogP contribution >= 0.6 is 0 Å². The fraction of sp³-hybridized carbons (Fsp3) is 0.364. The molecule has 0 aliphatic heterocycles. The van der Waals surface area contributed by atoms with E-state index in [1.807, 2.05) is 12.1 Å². The first kappa shape index (κ1) is 23.3. The summed E-state index contributed by atoms with van der Waals surface area (Å²) in [5.41, 5.74) is -0.308. The maximum atomic E-state index is 13.0. The van der Waals surface area contributed by atoms with Gasteiger partial charge in [-0.3, -0.25) is 9.59 Å². The molecule has 0 aliphatic rings. The Balaban J connectivity index is 1.80. The Labute approximate surface area is 173 Å². The van der Waals surface area contributed by atoms with Crippen LogP contribution in [0.1, 0.15) is 48.2 Å². The second-order valence-electron chi connectivity index (χ2n) is 7.07. The lowest BCUT2D eigenvalue weighted by molar-refractivity contribution is -0.138. The van der Waals surface area contributed by atoms with Gasteiger partial charge in [0.15, 0.2) is 6.10 Å². The van der Waals surface area contributed by atoms with Crippen molar-refractivity contribution in [2.45, 2.75) is 39.0 Å². The Bertz CT molecular complexity index is 865. The monoisotopic (exact) mass is 422 g/mol. The summed E-state index contributed by atoms with van der Waals surface area (Å²) >= 11 is 0. The van der Waals surface area contributed by atoms with Crippen molar-refractivity contribution in [1.82, 2.24) is 10.6 Å². The van der Waals surface area contributed by atoms with Crippen LogP contribution in [0.15, 0.2) is 48.5 Å². The number of rotatable bonds is 8. The van der Waals surface area contributed by atoms with E-state index in [2.05, 4.69) is 24.5 Å². The lowest BCUT2D eigenvalue weighted by atomic mass is 10.0. The van der Waals surface area contributed by atoms with Crippen LogP contribution in [-0.2, 0) is 11.0 Å². The number of halogens is 3. The molecule has 1 atom stereocenters. The molecule has 0 saturated heterocycles. The third-order valence-corrected chi connectivity index (χ3v) is 4.42. The Kier molecular flexibility index (Phi) is 7.86. The zero-order valence-electron chi connectivity index (χ0n) is 17.0. The van der Waals surface area contributed by atoms with Gasteiger partial charge >= 0.3 is 6.18 Å². The number of nitrogens with one attached hydrogen (secondary N) is 2. The lowest BCUT2D eigenvalue weighted by Crippen LogP contribution is -2.40. The van der Waals surface area contributed by atoms with E-state index in [9.17, 15) is 22.8 Å². The van der Waals surface area contributed by atoms with Crippen LogP contribution in [0.3, 0.4) is 0 Å². The summed E-state index contributed by atoms with van der Waals surface area (Å²) in [6.07, 6.45) is -5.39. The molecule has 0 bridgehead atoms. The Hall–Kier alpha value is -3.03. The number of alkyl halides is 3. The second-order valence-corrected chi connectivity index (χ2v) is 7.07. The van der Waals surface area contributed by atoms with Gasteiger partial charge in [-0.15, -0.1) is 0 Å². The Morgan fingerprint density at radius 3 is 2.13 bits per heavy atom. The zero-order chi connectivity index (χ0) is 22.3. The minimum atomic E-state index is -4.62. The van der Waals surface area contributed by atoms with E-state index in [1.54, 1.807) is 19.1 Å². The van der Waals surface area contributed by atoms with Crippen molar-refractivity contribution in [2.24, 2.45) is 0 Å². The van der Waals surface area contributed by atoms with Crippen LogP contribution in [0.25, 0.3) is 0 Å². The van der Waals surface area contributed by atoms with Gasteiger partial charge in [-0.05, 0) is 42.7 Å². The van der Waals surface area contributed by atoms with Crippen LogP contribution < -0.4 is 15.4 Å². The van der Waals surface area contributed by atoms with Crippen LogP contribution in [0.4, 0.5) is 13.2 Å². The van der Waals surface area contributed by atoms with Crippen LogP contribution in [0.2, 0.25) is 0 Å². The predicted molar refractivity (Wildman–Crippen MR) is 107 cm³/mol. The highest BCUT2D eigenvalue weighted by Crippen LogP contribution is 2.31. The topological polar surface area (TPSA) is 67.4 Å². The van der Waals surface area contributed by atoms with Crippen molar-refractivity contribution < 1.29 is 27.5 Å². The van der Waals surface area contributed by atoms with Crippen molar-refractivity contribution in [3.05, 3.63) is 65.2 Å². The molecular weight excluding hydrogens is 397 g/mol. The summed E-state index contributed by atoms with van der Waals surface area (Å²) in [6, 6.07) is 12.0. The Morgan fingerprint density at radius 2 is 1.53 bits per heavy atom. The van der Waals surface area contributed by atoms with Gasteiger partial charge in [-0.25, -0.2) is 0 Å². The molecular formula is C22H25F3N2O3. The molecule has 30 heavy (non-hydrogen) atoms. The molecule has 1 unspecified atom stereocenters. The molecule has 2 N–H and O–H groups in total. The molecule has 162 valence electrons. The van der Waals surface area contributed by atoms with Gasteiger partial charge in [-0.1, -0.05) is 38.1 Å². The average molecular weight is 422 g/mol. The highest BCUT2D eigenvalue weighted by atomic mass is 19.4. The molecule has 8 heteroatoms. The number of carbonyl (C=O) groups excluding carboxylic acids is 2. The van der Waals surface area contributed by atoms with Crippen molar-refractivity contribution in [1.29, 1.82) is 0 Å². The van der Waals surface area contributed by atoms with Gasteiger partial charge in [0.2, 0.25) is 0 Å². The molecule has 0 spiro atoms. The summed E-state index contributed by atoms with van der Waals surface area (Å²) < 4.78 is 44.5. The first-order valence-electron chi connectivity index (χ1n) is 9.58. The van der Waals surface area contributed by atoms with Gasteiger partial charge in [0, 0.05) is 13.1 Å². The van der Waals surface area contributed by atoms with Crippen LogP contribution in [0.5, 0.6) is 5.75 Å².